The van der Waals surface area contributed by atoms with Gasteiger partial charge in [0, 0.05) is 47.7 Å². The molecule has 7 nitrogen and oxygen atoms in total. The molecule has 5 aromatic rings. The van der Waals surface area contributed by atoms with Crippen molar-refractivity contribution >= 4 is 16.9 Å². The van der Waals surface area contributed by atoms with E-state index < -0.39 is 5.82 Å². The minimum Gasteiger partial charge on any atom is -0.438 e. The molecule has 0 saturated heterocycles. The van der Waals surface area contributed by atoms with Crippen LogP contribution in [0.3, 0.4) is 0 Å². The van der Waals surface area contributed by atoms with E-state index in [0.29, 0.717) is 57.6 Å². The largest absolute Gasteiger partial charge is 0.438 e. The Morgan fingerprint density at radius 1 is 1.06 bits per heavy atom. The van der Waals surface area contributed by atoms with E-state index in [9.17, 15) is 4.39 Å². The number of aromatic nitrogens is 5. The number of pyridine rings is 1. The topological polar surface area (TPSA) is 84.6 Å². The molecule has 182 valence electrons. The SMILES string of the molecule is CC1C2CCC(CC2)C1Nc1cc(-c2ccc(-n3cccc3)o2)nc(-c2c[nH]c3ncc(F)cc23)n1. The van der Waals surface area contributed by atoms with E-state index in [0.717, 1.165) is 11.7 Å². The summed E-state index contributed by atoms with van der Waals surface area (Å²) in [6.07, 6.45) is 12.1. The summed E-state index contributed by atoms with van der Waals surface area (Å²) in [7, 11) is 0. The molecule has 5 aromatic heterocycles. The molecule has 8 rings (SSSR count). The molecule has 5 heterocycles. The predicted octanol–water partition coefficient (Wildman–Crippen LogP) is 6.45. The molecule has 2 N–H and O–H groups in total. The van der Waals surface area contributed by atoms with Crippen LogP contribution < -0.4 is 5.32 Å². The Balaban J connectivity index is 1.33. The number of hydrogen-bond acceptors (Lipinski definition) is 5. The fourth-order valence-corrected chi connectivity index (χ4v) is 6.19. The van der Waals surface area contributed by atoms with Gasteiger partial charge in [-0.3, -0.25) is 4.57 Å². The standard InChI is InChI=1S/C28H27FN6O/c1-16-17-4-6-18(7-5-17)26(16)33-24-13-22(23-8-9-25(36-23)35-10-2-3-11-35)32-28(34-24)21-15-31-27-20(21)12-19(29)14-30-27/h2-3,8-18,26H,4-7H2,1H3,(H,30,31)(H,32,33,34). The Morgan fingerprint density at radius 3 is 2.67 bits per heavy atom. The Kier molecular flexibility index (Phi) is 4.94. The summed E-state index contributed by atoms with van der Waals surface area (Å²) >= 11 is 0. The van der Waals surface area contributed by atoms with Crippen LogP contribution in [0, 0.1) is 23.6 Å². The number of fused-ring (bicyclic) bond motifs is 4. The van der Waals surface area contributed by atoms with Crippen molar-refractivity contribution in [2.45, 2.75) is 38.6 Å². The van der Waals surface area contributed by atoms with E-state index in [2.05, 4.69) is 22.2 Å². The molecule has 3 fully saturated rings. The summed E-state index contributed by atoms with van der Waals surface area (Å²) < 4.78 is 22.2. The molecule has 3 aliphatic carbocycles. The lowest BCUT2D eigenvalue weighted by atomic mass is 9.62. The zero-order valence-corrected chi connectivity index (χ0v) is 20.0. The highest BCUT2D eigenvalue weighted by molar-refractivity contribution is 5.92. The van der Waals surface area contributed by atoms with Crippen molar-refractivity contribution in [1.29, 1.82) is 0 Å². The van der Waals surface area contributed by atoms with Crippen molar-refractivity contribution in [1.82, 2.24) is 24.5 Å². The zero-order valence-electron chi connectivity index (χ0n) is 20.0. The first-order chi connectivity index (χ1) is 17.6. The fraction of sp³-hybridized carbons (Fsp3) is 0.321. The number of aromatic amines is 1. The first kappa shape index (κ1) is 21.4. The van der Waals surface area contributed by atoms with Crippen LogP contribution in [0.15, 0.2) is 65.6 Å². The van der Waals surface area contributed by atoms with Crippen LogP contribution in [0.2, 0.25) is 0 Å². The maximum absolute atomic E-state index is 14.1. The second-order valence-electron chi connectivity index (χ2n) is 10.1. The lowest BCUT2D eigenvalue weighted by Crippen LogP contribution is -2.47. The number of hydrogen-bond donors (Lipinski definition) is 2. The third-order valence-electron chi connectivity index (χ3n) is 8.12. The first-order valence-electron chi connectivity index (χ1n) is 12.6. The van der Waals surface area contributed by atoms with Gasteiger partial charge in [-0.25, -0.2) is 19.3 Å². The minimum atomic E-state index is -0.396. The monoisotopic (exact) mass is 482 g/mol. The van der Waals surface area contributed by atoms with E-state index in [1.165, 1.54) is 37.9 Å². The third kappa shape index (κ3) is 3.59. The van der Waals surface area contributed by atoms with Crippen molar-refractivity contribution < 1.29 is 8.81 Å². The number of halogens is 1. The molecule has 0 radical (unpaired) electrons. The molecule has 3 saturated carbocycles. The van der Waals surface area contributed by atoms with Gasteiger partial charge < -0.3 is 14.7 Å². The van der Waals surface area contributed by atoms with Crippen molar-refractivity contribution in [3.8, 4) is 28.7 Å². The summed E-state index contributed by atoms with van der Waals surface area (Å²) in [4.78, 5) is 17.1. The van der Waals surface area contributed by atoms with Crippen molar-refractivity contribution in [2.75, 3.05) is 5.32 Å². The van der Waals surface area contributed by atoms with Gasteiger partial charge in [-0.1, -0.05) is 6.92 Å². The lowest BCUT2D eigenvalue weighted by molar-refractivity contribution is 0.0928. The van der Waals surface area contributed by atoms with E-state index in [1.807, 2.05) is 47.3 Å². The maximum atomic E-state index is 14.1. The van der Waals surface area contributed by atoms with Gasteiger partial charge in [0.2, 0.25) is 5.88 Å². The number of nitrogens with one attached hydrogen (secondary N) is 2. The molecular weight excluding hydrogens is 455 g/mol. The average molecular weight is 483 g/mol. The Bertz CT molecular complexity index is 1530. The summed E-state index contributed by atoms with van der Waals surface area (Å²) in [5.74, 6) is 4.24. The molecule has 8 heteroatoms. The van der Waals surface area contributed by atoms with E-state index >= 15 is 0 Å². The van der Waals surface area contributed by atoms with Crippen LogP contribution in [-0.2, 0) is 0 Å². The maximum Gasteiger partial charge on any atom is 0.204 e. The Labute approximate surface area is 207 Å². The van der Waals surface area contributed by atoms with Gasteiger partial charge in [-0.05, 0) is 67.7 Å². The fourth-order valence-electron chi connectivity index (χ4n) is 6.19. The zero-order chi connectivity index (χ0) is 24.2. The number of furan rings is 1. The number of anilines is 1. The highest BCUT2D eigenvalue weighted by atomic mass is 19.1. The van der Waals surface area contributed by atoms with Gasteiger partial charge in [-0.2, -0.15) is 0 Å². The molecule has 2 atom stereocenters. The molecular formula is C28H27FN6O. The molecule has 0 aliphatic heterocycles. The molecule has 2 unspecified atom stereocenters. The van der Waals surface area contributed by atoms with E-state index in [1.54, 1.807) is 6.20 Å². The van der Waals surface area contributed by atoms with Crippen LogP contribution in [-0.4, -0.2) is 30.5 Å². The molecule has 2 bridgehead atoms. The van der Waals surface area contributed by atoms with Crippen LogP contribution >= 0.6 is 0 Å². The highest BCUT2D eigenvalue weighted by Gasteiger charge is 2.41. The average Bonchev–Trinajstić information content (AvgIpc) is 3.67. The van der Waals surface area contributed by atoms with Gasteiger partial charge in [0.05, 0.1) is 6.20 Å². The van der Waals surface area contributed by atoms with Gasteiger partial charge in [0.1, 0.15) is 23.0 Å². The van der Waals surface area contributed by atoms with Gasteiger partial charge >= 0.3 is 0 Å². The molecule has 0 spiro atoms. The van der Waals surface area contributed by atoms with E-state index in [4.69, 9.17) is 14.4 Å². The quantitative estimate of drug-likeness (QED) is 0.301. The second kappa shape index (κ2) is 8.33. The number of H-pyrrole nitrogens is 1. The lowest BCUT2D eigenvalue weighted by Gasteiger charge is -2.47. The minimum absolute atomic E-state index is 0.377. The van der Waals surface area contributed by atoms with Crippen molar-refractivity contribution in [3.05, 3.63) is 67.0 Å². The highest BCUT2D eigenvalue weighted by Crippen LogP contribution is 2.46. The van der Waals surface area contributed by atoms with Crippen molar-refractivity contribution in [3.63, 3.8) is 0 Å². The van der Waals surface area contributed by atoms with Gasteiger partial charge in [0.15, 0.2) is 11.6 Å². The van der Waals surface area contributed by atoms with Crippen LogP contribution in [0.5, 0.6) is 0 Å². The second-order valence-corrected chi connectivity index (χ2v) is 10.1. The molecule has 0 aromatic carbocycles. The number of nitrogens with zero attached hydrogens (tertiary/aromatic N) is 4. The van der Waals surface area contributed by atoms with Gasteiger partial charge in [-0.15, -0.1) is 0 Å². The van der Waals surface area contributed by atoms with E-state index in [-0.39, 0.29) is 0 Å². The Hall–Kier alpha value is -3.94. The molecule has 0 amide bonds. The summed E-state index contributed by atoms with van der Waals surface area (Å²) in [5.41, 5.74) is 1.98. The summed E-state index contributed by atoms with van der Waals surface area (Å²) in [6, 6.07) is 11.6. The van der Waals surface area contributed by atoms with Crippen LogP contribution in [0.25, 0.3) is 39.8 Å². The summed E-state index contributed by atoms with van der Waals surface area (Å²) in [5, 5.41) is 4.42. The van der Waals surface area contributed by atoms with Crippen LogP contribution in [0.1, 0.15) is 32.6 Å². The number of rotatable bonds is 5. The third-order valence-corrected chi connectivity index (χ3v) is 8.12. The molecule has 3 aliphatic rings. The van der Waals surface area contributed by atoms with Crippen molar-refractivity contribution in [2.24, 2.45) is 17.8 Å². The predicted molar refractivity (Wildman–Crippen MR) is 136 cm³/mol. The Morgan fingerprint density at radius 2 is 1.86 bits per heavy atom. The first-order valence-corrected chi connectivity index (χ1v) is 12.6. The van der Waals surface area contributed by atoms with Gasteiger partial charge in [0.25, 0.3) is 0 Å². The molecule has 36 heavy (non-hydrogen) atoms. The normalized spacial score (nSPS) is 23.4. The summed E-state index contributed by atoms with van der Waals surface area (Å²) in [6.45, 7) is 2.36. The van der Waals surface area contributed by atoms with Crippen LogP contribution in [0.4, 0.5) is 10.2 Å². The smallest absolute Gasteiger partial charge is 0.204 e.